The Labute approximate surface area is 126 Å². The van der Waals surface area contributed by atoms with Gasteiger partial charge in [0.15, 0.2) is 0 Å². The molecule has 2 rings (SSSR count). The first kappa shape index (κ1) is 15.6. The first-order valence-corrected chi connectivity index (χ1v) is 7.59. The van der Waals surface area contributed by atoms with Crippen molar-refractivity contribution in [3.63, 3.8) is 0 Å². The third-order valence-electron chi connectivity index (χ3n) is 3.75. The van der Waals surface area contributed by atoms with Gasteiger partial charge in [0.25, 0.3) is 0 Å². The second kappa shape index (κ2) is 7.32. The van der Waals surface area contributed by atoms with Crippen molar-refractivity contribution < 1.29 is 4.39 Å². The number of aryl methyl sites for hydroxylation is 2. The number of pyridine rings is 1. The van der Waals surface area contributed by atoms with Crippen LogP contribution in [0.15, 0.2) is 36.7 Å². The van der Waals surface area contributed by atoms with Crippen molar-refractivity contribution in [1.82, 2.24) is 10.3 Å². The van der Waals surface area contributed by atoms with Crippen molar-refractivity contribution in [2.45, 2.75) is 39.7 Å². The molecule has 1 atom stereocenters. The van der Waals surface area contributed by atoms with Crippen LogP contribution in [0.25, 0.3) is 0 Å². The lowest BCUT2D eigenvalue weighted by atomic mass is 9.93. The van der Waals surface area contributed by atoms with E-state index in [0.717, 1.165) is 24.9 Å². The molecule has 0 amide bonds. The number of hydrogen-bond donors (Lipinski definition) is 1. The van der Waals surface area contributed by atoms with Gasteiger partial charge >= 0.3 is 0 Å². The summed E-state index contributed by atoms with van der Waals surface area (Å²) in [4.78, 5) is 4.22. The molecule has 1 heterocycles. The van der Waals surface area contributed by atoms with Gasteiger partial charge in [-0.1, -0.05) is 26.0 Å². The van der Waals surface area contributed by atoms with Crippen LogP contribution >= 0.6 is 0 Å². The third kappa shape index (κ3) is 3.67. The zero-order valence-electron chi connectivity index (χ0n) is 13.0. The largest absolute Gasteiger partial charge is 0.306 e. The Morgan fingerprint density at radius 3 is 2.71 bits per heavy atom. The van der Waals surface area contributed by atoms with Gasteiger partial charge in [-0.2, -0.15) is 0 Å². The molecular formula is C18H23FN2. The van der Waals surface area contributed by atoms with Crippen LogP contribution in [0.2, 0.25) is 0 Å². The fourth-order valence-electron chi connectivity index (χ4n) is 2.56. The van der Waals surface area contributed by atoms with Crippen molar-refractivity contribution in [3.8, 4) is 0 Å². The van der Waals surface area contributed by atoms with E-state index >= 15 is 0 Å². The maximum atomic E-state index is 13.5. The predicted octanol–water partition coefficient (Wildman–Crippen LogP) is 4.18. The first-order valence-electron chi connectivity index (χ1n) is 7.59. The van der Waals surface area contributed by atoms with Crippen LogP contribution in [-0.2, 0) is 6.42 Å². The quantitative estimate of drug-likeness (QED) is 0.861. The molecule has 1 aromatic carbocycles. The van der Waals surface area contributed by atoms with Gasteiger partial charge in [-0.15, -0.1) is 0 Å². The highest BCUT2D eigenvalue weighted by molar-refractivity contribution is 5.37. The average molecular weight is 286 g/mol. The Hall–Kier alpha value is -1.74. The van der Waals surface area contributed by atoms with E-state index in [9.17, 15) is 4.39 Å². The van der Waals surface area contributed by atoms with E-state index in [0.29, 0.717) is 5.56 Å². The van der Waals surface area contributed by atoms with Gasteiger partial charge in [0.1, 0.15) is 5.82 Å². The molecule has 1 aromatic heterocycles. The molecule has 0 aliphatic rings. The summed E-state index contributed by atoms with van der Waals surface area (Å²) in [5, 5.41) is 3.57. The molecule has 0 saturated heterocycles. The molecule has 2 nitrogen and oxygen atoms in total. The highest BCUT2D eigenvalue weighted by atomic mass is 19.1. The molecule has 1 unspecified atom stereocenters. The molecule has 0 radical (unpaired) electrons. The Kier molecular flexibility index (Phi) is 5.45. The minimum absolute atomic E-state index is 0.0854. The molecule has 2 aromatic rings. The van der Waals surface area contributed by atoms with Crippen LogP contribution in [0.1, 0.15) is 48.6 Å². The van der Waals surface area contributed by atoms with E-state index in [1.807, 2.05) is 31.5 Å². The summed E-state index contributed by atoms with van der Waals surface area (Å²) in [7, 11) is 0. The van der Waals surface area contributed by atoms with Gasteiger partial charge in [0.2, 0.25) is 0 Å². The van der Waals surface area contributed by atoms with Crippen LogP contribution in [0.3, 0.4) is 0 Å². The van der Waals surface area contributed by atoms with E-state index in [1.54, 1.807) is 6.07 Å². The van der Waals surface area contributed by atoms with E-state index in [2.05, 4.69) is 30.2 Å². The lowest BCUT2D eigenvalue weighted by molar-refractivity contribution is 0.586. The van der Waals surface area contributed by atoms with Gasteiger partial charge in [0.05, 0.1) is 6.04 Å². The van der Waals surface area contributed by atoms with Crippen molar-refractivity contribution >= 4 is 0 Å². The number of nitrogens with zero attached hydrogens (tertiary/aromatic N) is 1. The molecule has 0 aliphatic heterocycles. The average Bonchev–Trinajstić information content (AvgIpc) is 2.51. The summed E-state index contributed by atoms with van der Waals surface area (Å²) < 4.78 is 13.5. The summed E-state index contributed by atoms with van der Waals surface area (Å²) in [5.74, 6) is -0.154. The van der Waals surface area contributed by atoms with Gasteiger partial charge in [0, 0.05) is 12.4 Å². The standard InChI is InChI=1S/C18H23FN2/c1-4-9-21-18(15-6-7-17(19)13(3)11-15)16-8-10-20-12-14(16)5-2/h6-8,10-12,18,21H,4-5,9H2,1-3H3. The maximum Gasteiger partial charge on any atom is 0.126 e. The molecule has 0 fully saturated rings. The van der Waals surface area contributed by atoms with Crippen LogP contribution < -0.4 is 5.32 Å². The SMILES string of the molecule is CCCNC(c1ccc(F)c(C)c1)c1ccncc1CC. The molecule has 0 bridgehead atoms. The number of benzene rings is 1. The minimum atomic E-state index is -0.154. The number of halogens is 1. The lowest BCUT2D eigenvalue weighted by Crippen LogP contribution is -2.24. The summed E-state index contributed by atoms with van der Waals surface area (Å²) in [6, 6.07) is 7.50. The molecule has 0 spiro atoms. The van der Waals surface area contributed by atoms with Crippen LogP contribution in [0.5, 0.6) is 0 Å². The van der Waals surface area contributed by atoms with Crippen LogP contribution in [-0.4, -0.2) is 11.5 Å². The van der Waals surface area contributed by atoms with Crippen molar-refractivity contribution in [2.24, 2.45) is 0 Å². The topological polar surface area (TPSA) is 24.9 Å². The second-order valence-electron chi connectivity index (χ2n) is 5.32. The summed E-state index contributed by atoms with van der Waals surface area (Å²) in [6.07, 6.45) is 5.74. The second-order valence-corrected chi connectivity index (χ2v) is 5.32. The van der Waals surface area contributed by atoms with E-state index < -0.39 is 0 Å². The van der Waals surface area contributed by atoms with E-state index in [4.69, 9.17) is 0 Å². The number of hydrogen-bond acceptors (Lipinski definition) is 2. The molecule has 0 saturated carbocycles. The fraction of sp³-hybridized carbons (Fsp3) is 0.389. The smallest absolute Gasteiger partial charge is 0.126 e. The molecule has 0 aliphatic carbocycles. The molecular weight excluding hydrogens is 263 g/mol. The Balaban J connectivity index is 2.44. The van der Waals surface area contributed by atoms with Gasteiger partial charge < -0.3 is 5.32 Å². The Morgan fingerprint density at radius 1 is 1.24 bits per heavy atom. The van der Waals surface area contributed by atoms with Crippen LogP contribution in [0, 0.1) is 12.7 Å². The van der Waals surface area contributed by atoms with Gasteiger partial charge in [-0.05, 0) is 60.7 Å². The highest BCUT2D eigenvalue weighted by Crippen LogP contribution is 2.26. The molecule has 112 valence electrons. The van der Waals surface area contributed by atoms with Crippen molar-refractivity contribution in [3.05, 3.63) is 64.7 Å². The normalized spacial score (nSPS) is 12.4. The Morgan fingerprint density at radius 2 is 2.05 bits per heavy atom. The van der Waals surface area contributed by atoms with E-state index in [1.165, 1.54) is 11.1 Å². The fourth-order valence-corrected chi connectivity index (χ4v) is 2.56. The number of rotatable bonds is 6. The Bertz CT molecular complexity index is 596. The number of aromatic nitrogens is 1. The maximum absolute atomic E-state index is 13.5. The zero-order chi connectivity index (χ0) is 15.2. The van der Waals surface area contributed by atoms with Crippen molar-refractivity contribution in [2.75, 3.05) is 6.54 Å². The van der Waals surface area contributed by atoms with Crippen molar-refractivity contribution in [1.29, 1.82) is 0 Å². The monoisotopic (exact) mass is 286 g/mol. The number of nitrogens with one attached hydrogen (secondary N) is 1. The summed E-state index contributed by atoms with van der Waals surface area (Å²) >= 11 is 0. The third-order valence-corrected chi connectivity index (χ3v) is 3.75. The van der Waals surface area contributed by atoms with Gasteiger partial charge in [-0.3, -0.25) is 4.98 Å². The van der Waals surface area contributed by atoms with Crippen LogP contribution in [0.4, 0.5) is 4.39 Å². The molecule has 21 heavy (non-hydrogen) atoms. The van der Waals surface area contributed by atoms with E-state index in [-0.39, 0.29) is 11.9 Å². The predicted molar refractivity (Wildman–Crippen MR) is 84.9 cm³/mol. The highest BCUT2D eigenvalue weighted by Gasteiger charge is 2.17. The first-order chi connectivity index (χ1) is 10.2. The minimum Gasteiger partial charge on any atom is -0.306 e. The molecule has 1 N–H and O–H groups in total. The lowest BCUT2D eigenvalue weighted by Gasteiger charge is -2.22. The van der Waals surface area contributed by atoms with Gasteiger partial charge in [-0.25, -0.2) is 4.39 Å². The summed E-state index contributed by atoms with van der Waals surface area (Å²) in [6.45, 7) is 7.01. The summed E-state index contributed by atoms with van der Waals surface area (Å²) in [5.41, 5.74) is 4.24. The zero-order valence-corrected chi connectivity index (χ0v) is 13.0. The molecule has 3 heteroatoms.